The predicted molar refractivity (Wildman–Crippen MR) is 59.0 cm³/mol. The van der Waals surface area contributed by atoms with E-state index in [1.165, 1.54) is 6.07 Å². The molecule has 0 radical (unpaired) electrons. The first kappa shape index (κ1) is 14.1. The first-order chi connectivity index (χ1) is 7.78. The first-order valence-electron chi connectivity index (χ1n) is 4.55. The Morgan fingerprint density at radius 3 is 2.47 bits per heavy atom. The number of rotatable bonds is 3. The third-order valence-electron chi connectivity index (χ3n) is 1.85. The van der Waals surface area contributed by atoms with Crippen molar-refractivity contribution in [1.82, 2.24) is 5.32 Å². The lowest BCUT2D eigenvalue weighted by Crippen LogP contribution is -2.28. The molecule has 1 amide bonds. The highest BCUT2D eigenvalue weighted by atomic mass is 35.5. The molecular formula is C10H8Cl2F3NO. The van der Waals surface area contributed by atoms with E-state index in [-0.39, 0.29) is 6.54 Å². The summed E-state index contributed by atoms with van der Waals surface area (Å²) in [5, 5.41) is 2.84. The van der Waals surface area contributed by atoms with E-state index < -0.39 is 18.5 Å². The van der Waals surface area contributed by atoms with Gasteiger partial charge in [0.25, 0.3) is 0 Å². The molecule has 0 aliphatic heterocycles. The second-order valence-corrected chi connectivity index (χ2v) is 4.15. The van der Waals surface area contributed by atoms with Gasteiger partial charge in [0.2, 0.25) is 5.91 Å². The van der Waals surface area contributed by atoms with Gasteiger partial charge in [0.05, 0.1) is 0 Å². The molecule has 7 heteroatoms. The van der Waals surface area contributed by atoms with Gasteiger partial charge >= 0.3 is 6.18 Å². The highest BCUT2D eigenvalue weighted by Crippen LogP contribution is 2.21. The molecule has 94 valence electrons. The molecule has 0 heterocycles. The molecule has 2 nitrogen and oxygen atoms in total. The molecular weight excluding hydrogens is 278 g/mol. The van der Waals surface area contributed by atoms with Crippen molar-refractivity contribution < 1.29 is 18.0 Å². The van der Waals surface area contributed by atoms with Crippen molar-refractivity contribution in [2.24, 2.45) is 0 Å². The molecule has 1 rings (SSSR count). The summed E-state index contributed by atoms with van der Waals surface area (Å²) in [6.45, 7) is -0.0646. The fourth-order valence-electron chi connectivity index (χ4n) is 1.10. The normalized spacial score (nSPS) is 11.4. The Bertz CT molecular complexity index is 421. The van der Waals surface area contributed by atoms with Crippen molar-refractivity contribution in [3.05, 3.63) is 33.8 Å². The fraction of sp³-hybridized carbons (Fsp3) is 0.300. The average molecular weight is 286 g/mol. The maximum absolute atomic E-state index is 11.9. The van der Waals surface area contributed by atoms with Gasteiger partial charge in [0.15, 0.2) is 0 Å². The number of benzene rings is 1. The Balaban J connectivity index is 2.53. The summed E-state index contributed by atoms with van der Waals surface area (Å²) in [4.78, 5) is 10.9. The molecule has 0 saturated carbocycles. The minimum absolute atomic E-state index is 0.0646. The fourth-order valence-corrected chi connectivity index (χ4v) is 1.58. The molecule has 0 saturated heterocycles. The van der Waals surface area contributed by atoms with Gasteiger partial charge in [-0.25, -0.2) is 0 Å². The topological polar surface area (TPSA) is 29.1 Å². The number of carbonyl (C=O) groups excluding carboxylic acids is 1. The average Bonchev–Trinajstić information content (AvgIpc) is 2.13. The van der Waals surface area contributed by atoms with E-state index in [4.69, 9.17) is 23.2 Å². The number of hydrogen-bond acceptors (Lipinski definition) is 1. The van der Waals surface area contributed by atoms with E-state index in [9.17, 15) is 18.0 Å². The van der Waals surface area contributed by atoms with Crippen molar-refractivity contribution in [2.45, 2.75) is 19.1 Å². The maximum Gasteiger partial charge on any atom is 0.397 e. The molecule has 0 aliphatic carbocycles. The van der Waals surface area contributed by atoms with Gasteiger partial charge in [-0.15, -0.1) is 0 Å². The minimum atomic E-state index is -4.51. The molecule has 0 atom stereocenters. The van der Waals surface area contributed by atoms with Crippen molar-refractivity contribution >= 4 is 29.1 Å². The van der Waals surface area contributed by atoms with Crippen molar-refractivity contribution in [1.29, 1.82) is 0 Å². The predicted octanol–water partition coefficient (Wildman–Crippen LogP) is 3.56. The van der Waals surface area contributed by atoms with Crippen LogP contribution in [-0.2, 0) is 11.3 Å². The van der Waals surface area contributed by atoms with Crippen molar-refractivity contribution in [3.8, 4) is 0 Å². The van der Waals surface area contributed by atoms with Gasteiger partial charge in [-0.3, -0.25) is 4.79 Å². The zero-order valence-corrected chi connectivity index (χ0v) is 9.96. The van der Waals surface area contributed by atoms with Crippen LogP contribution in [0.2, 0.25) is 10.0 Å². The molecule has 0 aliphatic rings. The summed E-state index contributed by atoms with van der Waals surface area (Å²) in [6, 6.07) is 4.53. The van der Waals surface area contributed by atoms with E-state index in [2.05, 4.69) is 5.32 Å². The van der Waals surface area contributed by atoms with Gasteiger partial charge in [-0.2, -0.15) is 13.2 Å². The van der Waals surface area contributed by atoms with Crippen LogP contribution in [-0.4, -0.2) is 12.1 Å². The van der Waals surface area contributed by atoms with E-state index in [0.717, 1.165) is 0 Å². The maximum atomic E-state index is 11.9. The summed E-state index contributed by atoms with van der Waals surface area (Å²) < 4.78 is 35.6. The second kappa shape index (κ2) is 5.60. The number of hydrogen-bond donors (Lipinski definition) is 1. The van der Waals surface area contributed by atoms with Crippen LogP contribution in [0.4, 0.5) is 13.2 Å². The number of carbonyl (C=O) groups is 1. The highest BCUT2D eigenvalue weighted by Gasteiger charge is 2.30. The summed E-state index contributed by atoms with van der Waals surface area (Å²) in [6.07, 6.45) is -6.01. The molecule has 0 spiro atoms. The molecule has 0 bridgehead atoms. The quantitative estimate of drug-likeness (QED) is 0.904. The molecule has 0 fully saturated rings. The van der Waals surface area contributed by atoms with Crippen LogP contribution in [0.15, 0.2) is 18.2 Å². The lowest BCUT2D eigenvalue weighted by atomic mass is 10.2. The number of halogens is 5. The smallest absolute Gasteiger partial charge is 0.352 e. The highest BCUT2D eigenvalue weighted by molar-refractivity contribution is 6.35. The SMILES string of the molecule is O=C(CC(F)(F)F)NCc1ccc(Cl)cc1Cl. The van der Waals surface area contributed by atoms with Crippen LogP contribution in [0.25, 0.3) is 0 Å². The Labute approximate surface area is 106 Å². The summed E-state index contributed by atoms with van der Waals surface area (Å²) >= 11 is 11.4. The zero-order valence-electron chi connectivity index (χ0n) is 8.44. The van der Waals surface area contributed by atoms with Gasteiger partial charge < -0.3 is 5.32 Å². The largest absolute Gasteiger partial charge is 0.397 e. The van der Waals surface area contributed by atoms with Gasteiger partial charge in [-0.1, -0.05) is 29.3 Å². The van der Waals surface area contributed by atoms with Crippen LogP contribution >= 0.6 is 23.2 Å². The Morgan fingerprint density at radius 1 is 1.29 bits per heavy atom. The minimum Gasteiger partial charge on any atom is -0.352 e. The summed E-state index contributed by atoms with van der Waals surface area (Å²) in [5.74, 6) is -1.09. The van der Waals surface area contributed by atoms with Crippen molar-refractivity contribution in [3.63, 3.8) is 0 Å². The Hall–Kier alpha value is -0.940. The molecule has 1 aromatic carbocycles. The standard InChI is InChI=1S/C10H8Cl2F3NO/c11-7-2-1-6(8(12)3-7)5-16-9(17)4-10(13,14)15/h1-3H,4-5H2,(H,16,17). The van der Waals surface area contributed by atoms with Crippen LogP contribution in [0.3, 0.4) is 0 Å². The third kappa shape index (κ3) is 5.28. The zero-order chi connectivity index (χ0) is 13.1. The van der Waals surface area contributed by atoms with Gasteiger partial charge in [0.1, 0.15) is 6.42 Å². The molecule has 1 N–H and O–H groups in total. The Morgan fingerprint density at radius 2 is 1.94 bits per heavy atom. The van der Waals surface area contributed by atoms with Gasteiger partial charge in [0, 0.05) is 16.6 Å². The lowest BCUT2D eigenvalue weighted by Gasteiger charge is -2.09. The van der Waals surface area contributed by atoms with E-state index >= 15 is 0 Å². The Kier molecular flexibility index (Phi) is 4.65. The van der Waals surface area contributed by atoms with Crippen LogP contribution in [0, 0.1) is 0 Å². The lowest BCUT2D eigenvalue weighted by molar-refractivity contribution is -0.153. The van der Waals surface area contributed by atoms with Crippen LogP contribution in [0.5, 0.6) is 0 Å². The van der Waals surface area contributed by atoms with Crippen LogP contribution in [0.1, 0.15) is 12.0 Å². The second-order valence-electron chi connectivity index (χ2n) is 3.30. The number of nitrogens with one attached hydrogen (secondary N) is 1. The summed E-state index contributed by atoms with van der Waals surface area (Å²) in [5.41, 5.74) is 0.506. The summed E-state index contributed by atoms with van der Waals surface area (Å²) in [7, 11) is 0. The van der Waals surface area contributed by atoms with Crippen LogP contribution < -0.4 is 5.32 Å². The number of alkyl halides is 3. The van der Waals surface area contributed by atoms with Crippen molar-refractivity contribution in [2.75, 3.05) is 0 Å². The third-order valence-corrected chi connectivity index (χ3v) is 2.44. The molecule has 1 aromatic rings. The van der Waals surface area contributed by atoms with Gasteiger partial charge in [-0.05, 0) is 17.7 Å². The first-order valence-corrected chi connectivity index (χ1v) is 5.31. The van der Waals surface area contributed by atoms with E-state index in [1.807, 2.05) is 0 Å². The van der Waals surface area contributed by atoms with E-state index in [0.29, 0.717) is 15.6 Å². The molecule has 0 aromatic heterocycles. The molecule has 17 heavy (non-hydrogen) atoms. The van der Waals surface area contributed by atoms with E-state index in [1.54, 1.807) is 12.1 Å². The monoisotopic (exact) mass is 285 g/mol. The molecule has 0 unspecified atom stereocenters. The number of amides is 1.